The highest BCUT2D eigenvalue weighted by atomic mass is 16.7. The van der Waals surface area contributed by atoms with Crippen LogP contribution in [0.15, 0.2) is 23.4 Å². The van der Waals surface area contributed by atoms with E-state index in [4.69, 9.17) is 19.0 Å². The highest BCUT2D eigenvalue weighted by Gasteiger charge is 2.43. The second kappa shape index (κ2) is 6.79. The van der Waals surface area contributed by atoms with Crippen molar-refractivity contribution in [2.75, 3.05) is 26.4 Å². The minimum Gasteiger partial charge on any atom is -0.490 e. The molecule has 2 aliphatic heterocycles. The third-order valence-corrected chi connectivity index (χ3v) is 4.06. The average molecular weight is 319 g/mol. The van der Waals surface area contributed by atoms with Gasteiger partial charge in [-0.1, -0.05) is 19.0 Å². The van der Waals surface area contributed by atoms with Gasteiger partial charge in [0, 0.05) is 18.4 Å². The second-order valence-electron chi connectivity index (χ2n) is 6.59. The van der Waals surface area contributed by atoms with Crippen LogP contribution in [0.3, 0.4) is 0 Å². The summed E-state index contributed by atoms with van der Waals surface area (Å²) in [4.78, 5) is 5.67. The van der Waals surface area contributed by atoms with Crippen molar-refractivity contribution in [1.82, 2.24) is 0 Å². The molecule has 5 heteroatoms. The summed E-state index contributed by atoms with van der Waals surface area (Å²) in [6.45, 7) is 8.86. The smallest absolute Gasteiger partial charge is 0.168 e. The standard InChI is InChI=1S/C18H25NO4/c1-4-21-17-9-14(5-6-16(17)22-11-13(2)3)15-10-18(23-19-15)7-8-20-12-18/h5-6,9,13H,4,7-8,10-12H2,1-3H3. The molecule has 1 unspecified atom stereocenters. The molecule has 2 heterocycles. The van der Waals surface area contributed by atoms with E-state index in [-0.39, 0.29) is 5.60 Å². The first-order chi connectivity index (χ1) is 11.1. The van der Waals surface area contributed by atoms with Gasteiger partial charge in [0.1, 0.15) is 0 Å². The lowest BCUT2D eigenvalue weighted by Crippen LogP contribution is -2.29. The molecule has 2 aliphatic rings. The van der Waals surface area contributed by atoms with E-state index in [0.29, 0.717) is 25.7 Å². The van der Waals surface area contributed by atoms with Crippen molar-refractivity contribution in [3.8, 4) is 11.5 Å². The van der Waals surface area contributed by atoms with Crippen molar-refractivity contribution in [2.24, 2.45) is 11.1 Å². The van der Waals surface area contributed by atoms with Crippen LogP contribution in [0.1, 0.15) is 39.2 Å². The number of hydrogen-bond acceptors (Lipinski definition) is 5. The van der Waals surface area contributed by atoms with E-state index < -0.39 is 0 Å². The first-order valence-corrected chi connectivity index (χ1v) is 8.35. The number of benzene rings is 1. The summed E-state index contributed by atoms with van der Waals surface area (Å²) in [5, 5.41) is 4.29. The lowest BCUT2D eigenvalue weighted by atomic mass is 9.93. The van der Waals surface area contributed by atoms with E-state index >= 15 is 0 Å². The molecule has 1 fully saturated rings. The topological polar surface area (TPSA) is 49.3 Å². The van der Waals surface area contributed by atoms with Gasteiger partial charge in [-0.05, 0) is 31.0 Å². The van der Waals surface area contributed by atoms with Gasteiger partial charge in [0.25, 0.3) is 0 Å². The monoisotopic (exact) mass is 319 g/mol. The molecule has 1 spiro atoms. The maximum atomic E-state index is 5.85. The molecule has 1 aromatic rings. The Morgan fingerprint density at radius 3 is 2.83 bits per heavy atom. The summed E-state index contributed by atoms with van der Waals surface area (Å²) in [5.41, 5.74) is 1.72. The summed E-state index contributed by atoms with van der Waals surface area (Å²) >= 11 is 0. The van der Waals surface area contributed by atoms with Crippen LogP contribution in [-0.2, 0) is 9.57 Å². The van der Waals surface area contributed by atoms with Crippen LogP contribution in [-0.4, -0.2) is 37.7 Å². The minimum atomic E-state index is -0.256. The van der Waals surface area contributed by atoms with Crippen molar-refractivity contribution < 1.29 is 19.0 Å². The van der Waals surface area contributed by atoms with Crippen LogP contribution in [0.4, 0.5) is 0 Å². The van der Waals surface area contributed by atoms with Crippen molar-refractivity contribution in [2.45, 2.75) is 39.2 Å². The molecule has 3 rings (SSSR count). The molecular weight excluding hydrogens is 294 g/mol. The average Bonchev–Trinajstić information content (AvgIpc) is 3.17. The van der Waals surface area contributed by atoms with E-state index in [1.807, 2.05) is 25.1 Å². The molecule has 126 valence electrons. The fourth-order valence-electron chi connectivity index (χ4n) is 2.81. The summed E-state index contributed by atoms with van der Waals surface area (Å²) in [7, 11) is 0. The molecule has 1 saturated heterocycles. The molecule has 23 heavy (non-hydrogen) atoms. The van der Waals surface area contributed by atoms with Crippen molar-refractivity contribution in [1.29, 1.82) is 0 Å². The normalized spacial score (nSPS) is 23.2. The zero-order valence-electron chi connectivity index (χ0n) is 14.1. The Balaban J connectivity index is 1.76. The molecule has 0 saturated carbocycles. The number of ether oxygens (including phenoxy) is 3. The third kappa shape index (κ3) is 3.61. The number of nitrogens with zero attached hydrogens (tertiary/aromatic N) is 1. The van der Waals surface area contributed by atoms with Crippen LogP contribution < -0.4 is 9.47 Å². The Kier molecular flexibility index (Phi) is 4.76. The van der Waals surface area contributed by atoms with Gasteiger partial charge >= 0.3 is 0 Å². The molecule has 0 N–H and O–H groups in total. The molecule has 0 amide bonds. The van der Waals surface area contributed by atoms with Crippen molar-refractivity contribution >= 4 is 5.71 Å². The van der Waals surface area contributed by atoms with Gasteiger partial charge in [-0.2, -0.15) is 0 Å². The van der Waals surface area contributed by atoms with E-state index in [2.05, 4.69) is 19.0 Å². The highest BCUT2D eigenvalue weighted by Crippen LogP contribution is 2.36. The van der Waals surface area contributed by atoms with Gasteiger partial charge in [0.05, 0.1) is 32.1 Å². The largest absolute Gasteiger partial charge is 0.490 e. The van der Waals surface area contributed by atoms with Gasteiger partial charge in [0.15, 0.2) is 17.1 Å². The van der Waals surface area contributed by atoms with Crippen LogP contribution in [0.5, 0.6) is 11.5 Å². The zero-order valence-corrected chi connectivity index (χ0v) is 14.1. The summed E-state index contributed by atoms with van der Waals surface area (Å²) in [6.07, 6.45) is 1.68. The molecule has 5 nitrogen and oxygen atoms in total. The first kappa shape index (κ1) is 16.1. The Morgan fingerprint density at radius 1 is 1.26 bits per heavy atom. The SMILES string of the molecule is CCOc1cc(C2=NOC3(CCOC3)C2)ccc1OCC(C)C. The third-order valence-electron chi connectivity index (χ3n) is 4.06. The summed E-state index contributed by atoms with van der Waals surface area (Å²) in [5.74, 6) is 2.01. The van der Waals surface area contributed by atoms with Crippen LogP contribution in [0, 0.1) is 5.92 Å². The molecular formula is C18H25NO4. The van der Waals surface area contributed by atoms with Crippen LogP contribution in [0.2, 0.25) is 0 Å². The van der Waals surface area contributed by atoms with Gasteiger partial charge in [0.2, 0.25) is 0 Å². The Morgan fingerprint density at radius 2 is 2.13 bits per heavy atom. The minimum absolute atomic E-state index is 0.256. The van der Waals surface area contributed by atoms with Gasteiger partial charge in [-0.15, -0.1) is 0 Å². The highest BCUT2D eigenvalue weighted by molar-refractivity contribution is 6.02. The number of hydrogen-bond donors (Lipinski definition) is 0. The lowest BCUT2D eigenvalue weighted by Gasteiger charge is -2.17. The maximum Gasteiger partial charge on any atom is 0.168 e. The summed E-state index contributed by atoms with van der Waals surface area (Å²) in [6, 6.07) is 5.98. The van der Waals surface area contributed by atoms with Gasteiger partial charge in [-0.25, -0.2) is 0 Å². The van der Waals surface area contributed by atoms with Gasteiger partial charge < -0.3 is 19.0 Å². The lowest BCUT2D eigenvalue weighted by molar-refractivity contribution is -0.0237. The van der Waals surface area contributed by atoms with Gasteiger partial charge in [-0.3, -0.25) is 0 Å². The number of oxime groups is 1. The van der Waals surface area contributed by atoms with Crippen molar-refractivity contribution in [3.05, 3.63) is 23.8 Å². The fraction of sp³-hybridized carbons (Fsp3) is 0.611. The zero-order chi connectivity index (χ0) is 16.3. The molecule has 1 aromatic carbocycles. The maximum absolute atomic E-state index is 5.85. The Labute approximate surface area is 137 Å². The number of rotatable bonds is 6. The van der Waals surface area contributed by atoms with E-state index in [0.717, 1.165) is 42.2 Å². The first-order valence-electron chi connectivity index (χ1n) is 8.35. The second-order valence-corrected chi connectivity index (χ2v) is 6.59. The van der Waals surface area contributed by atoms with E-state index in [9.17, 15) is 0 Å². The molecule has 0 bridgehead atoms. The van der Waals surface area contributed by atoms with E-state index in [1.54, 1.807) is 0 Å². The van der Waals surface area contributed by atoms with Crippen molar-refractivity contribution in [3.63, 3.8) is 0 Å². The quantitative estimate of drug-likeness (QED) is 0.806. The van der Waals surface area contributed by atoms with E-state index in [1.165, 1.54) is 0 Å². The van der Waals surface area contributed by atoms with Crippen LogP contribution in [0.25, 0.3) is 0 Å². The molecule has 0 radical (unpaired) electrons. The molecule has 0 aliphatic carbocycles. The Bertz CT molecular complexity index is 576. The fourth-order valence-corrected chi connectivity index (χ4v) is 2.81. The summed E-state index contributed by atoms with van der Waals surface area (Å²) < 4.78 is 17.0. The van der Waals surface area contributed by atoms with Crippen LogP contribution >= 0.6 is 0 Å². The molecule has 1 atom stereocenters. The predicted molar refractivity (Wildman–Crippen MR) is 88.4 cm³/mol. The predicted octanol–water partition coefficient (Wildman–Crippen LogP) is 3.40. The Hall–Kier alpha value is -1.75. The molecule has 0 aromatic heterocycles.